The van der Waals surface area contributed by atoms with Crippen LogP contribution in [0, 0.1) is 13.8 Å². The molecule has 20 heavy (non-hydrogen) atoms. The quantitative estimate of drug-likeness (QED) is 0.911. The van der Waals surface area contributed by atoms with Gasteiger partial charge in [-0.15, -0.1) is 0 Å². The Balaban J connectivity index is 1.85. The highest BCUT2D eigenvalue weighted by molar-refractivity contribution is 5.81. The van der Waals surface area contributed by atoms with Crippen molar-refractivity contribution in [3.05, 3.63) is 29.3 Å². The van der Waals surface area contributed by atoms with E-state index in [0.29, 0.717) is 6.54 Å². The molecule has 0 atom stereocenters. The number of hydrogen-bond donors (Lipinski definition) is 1. The molecule has 0 radical (unpaired) electrons. The van der Waals surface area contributed by atoms with Crippen LogP contribution in [0.1, 0.15) is 18.1 Å². The third-order valence-corrected chi connectivity index (χ3v) is 4.00. The fraction of sp³-hybridized carbons (Fsp3) is 0.562. The van der Waals surface area contributed by atoms with Gasteiger partial charge in [-0.1, -0.05) is 19.1 Å². The molecule has 1 N–H and O–H groups in total. The SMILES string of the molecule is CCN1CCN(C(=O)CNc2cc(C)ccc2C)CC1. The van der Waals surface area contributed by atoms with Crippen molar-refractivity contribution >= 4 is 11.6 Å². The molecule has 4 nitrogen and oxygen atoms in total. The van der Waals surface area contributed by atoms with Crippen LogP contribution < -0.4 is 5.32 Å². The number of piperazine rings is 1. The highest BCUT2D eigenvalue weighted by atomic mass is 16.2. The largest absolute Gasteiger partial charge is 0.376 e. The molecule has 110 valence electrons. The molecule has 1 aromatic rings. The van der Waals surface area contributed by atoms with E-state index in [1.165, 1.54) is 11.1 Å². The van der Waals surface area contributed by atoms with Gasteiger partial charge in [0.15, 0.2) is 0 Å². The summed E-state index contributed by atoms with van der Waals surface area (Å²) in [6, 6.07) is 6.27. The maximum atomic E-state index is 12.2. The summed E-state index contributed by atoms with van der Waals surface area (Å²) in [6.45, 7) is 11.4. The van der Waals surface area contributed by atoms with Gasteiger partial charge in [0.25, 0.3) is 0 Å². The molecule has 1 fully saturated rings. The smallest absolute Gasteiger partial charge is 0.241 e. The summed E-state index contributed by atoms with van der Waals surface area (Å²) in [6.07, 6.45) is 0. The van der Waals surface area contributed by atoms with Crippen LogP contribution in [0.4, 0.5) is 5.69 Å². The van der Waals surface area contributed by atoms with Gasteiger partial charge in [0, 0.05) is 31.9 Å². The molecule has 0 spiro atoms. The lowest BCUT2D eigenvalue weighted by Gasteiger charge is -2.34. The molecule has 1 amide bonds. The summed E-state index contributed by atoms with van der Waals surface area (Å²) in [5.74, 6) is 0.196. The van der Waals surface area contributed by atoms with E-state index in [2.05, 4.69) is 49.2 Å². The lowest BCUT2D eigenvalue weighted by molar-refractivity contribution is -0.131. The molecule has 1 aliphatic rings. The Morgan fingerprint density at radius 3 is 2.55 bits per heavy atom. The van der Waals surface area contributed by atoms with Crippen LogP contribution in [-0.2, 0) is 4.79 Å². The first-order valence-electron chi connectivity index (χ1n) is 7.41. The third-order valence-electron chi connectivity index (χ3n) is 4.00. The van der Waals surface area contributed by atoms with Gasteiger partial charge in [0.05, 0.1) is 6.54 Å². The highest BCUT2D eigenvalue weighted by Crippen LogP contribution is 2.16. The molecule has 0 unspecified atom stereocenters. The molecule has 0 bridgehead atoms. The second kappa shape index (κ2) is 6.75. The number of carbonyl (C=O) groups excluding carboxylic acids is 1. The number of hydrogen-bond acceptors (Lipinski definition) is 3. The molecular weight excluding hydrogens is 250 g/mol. The van der Waals surface area contributed by atoms with Gasteiger partial charge in [-0.2, -0.15) is 0 Å². The Hall–Kier alpha value is -1.55. The summed E-state index contributed by atoms with van der Waals surface area (Å²) in [7, 11) is 0. The zero-order chi connectivity index (χ0) is 14.5. The van der Waals surface area contributed by atoms with Crippen molar-refractivity contribution in [1.82, 2.24) is 9.80 Å². The Morgan fingerprint density at radius 1 is 1.20 bits per heavy atom. The lowest BCUT2D eigenvalue weighted by atomic mass is 10.1. The molecule has 1 heterocycles. The van der Waals surface area contributed by atoms with Gasteiger partial charge in [0.1, 0.15) is 0 Å². The van der Waals surface area contributed by atoms with E-state index in [0.717, 1.165) is 38.4 Å². The number of amides is 1. The molecule has 2 rings (SSSR count). The fourth-order valence-corrected chi connectivity index (χ4v) is 2.52. The van der Waals surface area contributed by atoms with Crippen molar-refractivity contribution < 1.29 is 4.79 Å². The summed E-state index contributed by atoms with van der Waals surface area (Å²) in [4.78, 5) is 16.5. The minimum atomic E-state index is 0.196. The van der Waals surface area contributed by atoms with Crippen molar-refractivity contribution in [2.24, 2.45) is 0 Å². The van der Waals surface area contributed by atoms with Crippen molar-refractivity contribution in [2.75, 3.05) is 44.6 Å². The molecule has 0 aromatic heterocycles. The van der Waals surface area contributed by atoms with Gasteiger partial charge < -0.3 is 15.1 Å². The number of aryl methyl sites for hydroxylation is 2. The van der Waals surface area contributed by atoms with Crippen LogP contribution >= 0.6 is 0 Å². The third kappa shape index (κ3) is 3.73. The Morgan fingerprint density at radius 2 is 1.90 bits per heavy atom. The summed E-state index contributed by atoms with van der Waals surface area (Å²) < 4.78 is 0. The predicted molar refractivity (Wildman–Crippen MR) is 83.1 cm³/mol. The number of likely N-dealkylation sites (N-methyl/N-ethyl adjacent to an activating group) is 1. The van der Waals surface area contributed by atoms with Crippen LogP contribution in [0.25, 0.3) is 0 Å². The standard InChI is InChI=1S/C16H25N3O/c1-4-18-7-9-19(10-8-18)16(20)12-17-15-11-13(2)5-6-14(15)3/h5-6,11,17H,4,7-10,12H2,1-3H3. The van der Waals surface area contributed by atoms with Gasteiger partial charge in [-0.3, -0.25) is 4.79 Å². The highest BCUT2D eigenvalue weighted by Gasteiger charge is 2.19. The van der Waals surface area contributed by atoms with Crippen LogP contribution in [0.5, 0.6) is 0 Å². The molecule has 4 heteroatoms. The zero-order valence-electron chi connectivity index (χ0n) is 12.8. The first kappa shape index (κ1) is 14.9. The van der Waals surface area contributed by atoms with E-state index in [1.54, 1.807) is 0 Å². The van der Waals surface area contributed by atoms with E-state index < -0.39 is 0 Å². The van der Waals surface area contributed by atoms with Crippen molar-refractivity contribution in [3.63, 3.8) is 0 Å². The molecular formula is C16H25N3O. The Labute approximate surface area is 121 Å². The topological polar surface area (TPSA) is 35.6 Å². The minimum absolute atomic E-state index is 0.196. The van der Waals surface area contributed by atoms with Crippen molar-refractivity contribution in [3.8, 4) is 0 Å². The molecule has 0 saturated carbocycles. The summed E-state index contributed by atoms with van der Waals surface area (Å²) >= 11 is 0. The first-order valence-corrected chi connectivity index (χ1v) is 7.41. The number of nitrogens with one attached hydrogen (secondary N) is 1. The Bertz CT molecular complexity index is 465. The van der Waals surface area contributed by atoms with Crippen molar-refractivity contribution in [2.45, 2.75) is 20.8 Å². The average molecular weight is 275 g/mol. The second-order valence-corrected chi connectivity index (χ2v) is 5.49. The van der Waals surface area contributed by atoms with Gasteiger partial charge in [0.2, 0.25) is 5.91 Å². The molecule has 1 aromatic carbocycles. The van der Waals surface area contributed by atoms with Crippen LogP contribution in [0.15, 0.2) is 18.2 Å². The number of benzene rings is 1. The van der Waals surface area contributed by atoms with E-state index >= 15 is 0 Å². The zero-order valence-corrected chi connectivity index (χ0v) is 12.8. The summed E-state index contributed by atoms with van der Waals surface area (Å²) in [5.41, 5.74) is 3.45. The normalized spacial score (nSPS) is 16.2. The predicted octanol–water partition coefficient (Wildman–Crippen LogP) is 1.88. The maximum absolute atomic E-state index is 12.2. The molecule has 0 aliphatic carbocycles. The monoisotopic (exact) mass is 275 g/mol. The van der Waals surface area contributed by atoms with E-state index in [-0.39, 0.29) is 5.91 Å². The van der Waals surface area contributed by atoms with Crippen LogP contribution in [0.2, 0.25) is 0 Å². The van der Waals surface area contributed by atoms with E-state index in [1.807, 2.05) is 4.90 Å². The number of nitrogens with zero attached hydrogens (tertiary/aromatic N) is 2. The Kier molecular flexibility index (Phi) is 5.01. The number of anilines is 1. The van der Waals surface area contributed by atoms with E-state index in [4.69, 9.17) is 0 Å². The van der Waals surface area contributed by atoms with Crippen molar-refractivity contribution in [1.29, 1.82) is 0 Å². The first-order chi connectivity index (χ1) is 9.60. The van der Waals surface area contributed by atoms with Gasteiger partial charge in [-0.25, -0.2) is 0 Å². The maximum Gasteiger partial charge on any atom is 0.241 e. The minimum Gasteiger partial charge on any atom is -0.376 e. The van der Waals surface area contributed by atoms with Gasteiger partial charge >= 0.3 is 0 Å². The van der Waals surface area contributed by atoms with E-state index in [9.17, 15) is 4.79 Å². The fourth-order valence-electron chi connectivity index (χ4n) is 2.52. The van der Waals surface area contributed by atoms with Crippen LogP contribution in [-0.4, -0.2) is 55.0 Å². The summed E-state index contributed by atoms with van der Waals surface area (Å²) in [5, 5.41) is 3.27. The second-order valence-electron chi connectivity index (χ2n) is 5.49. The van der Waals surface area contributed by atoms with Gasteiger partial charge in [-0.05, 0) is 37.6 Å². The molecule has 1 aliphatic heterocycles. The molecule has 1 saturated heterocycles. The number of rotatable bonds is 4. The average Bonchev–Trinajstić information content (AvgIpc) is 2.48. The van der Waals surface area contributed by atoms with Crippen LogP contribution in [0.3, 0.4) is 0 Å². The number of carbonyl (C=O) groups is 1. The lowest BCUT2D eigenvalue weighted by Crippen LogP contribution is -2.49.